The number of rotatable bonds is 3. The van der Waals surface area contributed by atoms with Crippen LogP contribution in [0.25, 0.3) is 0 Å². The fraction of sp³-hybridized carbons (Fsp3) is 0.833. The van der Waals surface area contributed by atoms with Crippen molar-refractivity contribution in [2.45, 2.75) is 24.5 Å². The lowest BCUT2D eigenvalue weighted by molar-refractivity contribution is 0.289. The molecule has 5 atom stereocenters. The van der Waals surface area contributed by atoms with Crippen LogP contribution >= 0.6 is 11.8 Å². The largest absolute Gasteiger partial charge is 0.396 e. The summed E-state index contributed by atoms with van der Waals surface area (Å²) in [6.45, 7) is 0.334. The first-order chi connectivity index (χ1) is 6.90. The Balaban J connectivity index is 1.70. The van der Waals surface area contributed by atoms with Gasteiger partial charge in [0, 0.05) is 11.0 Å². The second kappa shape index (κ2) is 3.57. The SMILES string of the molecule is OCCSC1C=CC2C3CCC(C3)C12. The predicted molar refractivity (Wildman–Crippen MR) is 60.3 cm³/mol. The molecule has 2 saturated carbocycles. The molecule has 0 aromatic rings. The topological polar surface area (TPSA) is 20.2 Å². The van der Waals surface area contributed by atoms with Gasteiger partial charge >= 0.3 is 0 Å². The maximum atomic E-state index is 8.85. The minimum atomic E-state index is 0.334. The van der Waals surface area contributed by atoms with Crippen LogP contribution in [0.5, 0.6) is 0 Å². The molecule has 3 rings (SSSR count). The molecule has 0 aliphatic heterocycles. The molecule has 14 heavy (non-hydrogen) atoms. The molecule has 0 heterocycles. The minimum absolute atomic E-state index is 0.334. The zero-order chi connectivity index (χ0) is 9.54. The number of aliphatic hydroxyl groups excluding tert-OH is 1. The molecular weight excluding hydrogens is 192 g/mol. The van der Waals surface area contributed by atoms with E-state index < -0.39 is 0 Å². The summed E-state index contributed by atoms with van der Waals surface area (Å²) in [6.07, 6.45) is 9.34. The van der Waals surface area contributed by atoms with Crippen LogP contribution in [0.15, 0.2) is 12.2 Å². The molecule has 2 fully saturated rings. The van der Waals surface area contributed by atoms with Gasteiger partial charge in [0.2, 0.25) is 0 Å². The molecule has 3 aliphatic carbocycles. The Hall–Kier alpha value is 0.0500. The Morgan fingerprint density at radius 3 is 2.93 bits per heavy atom. The van der Waals surface area contributed by atoms with Crippen LogP contribution in [0.3, 0.4) is 0 Å². The summed E-state index contributed by atoms with van der Waals surface area (Å²) in [5.41, 5.74) is 0. The first-order valence-corrected chi connectivity index (χ1v) is 6.86. The van der Waals surface area contributed by atoms with Crippen molar-refractivity contribution < 1.29 is 5.11 Å². The molecule has 2 heteroatoms. The second-order valence-electron chi connectivity index (χ2n) is 4.93. The van der Waals surface area contributed by atoms with Gasteiger partial charge in [0.25, 0.3) is 0 Å². The Morgan fingerprint density at radius 1 is 1.21 bits per heavy atom. The van der Waals surface area contributed by atoms with E-state index in [0.717, 1.165) is 34.7 Å². The molecule has 3 aliphatic rings. The van der Waals surface area contributed by atoms with Crippen molar-refractivity contribution in [3.05, 3.63) is 12.2 Å². The van der Waals surface area contributed by atoms with Crippen molar-refractivity contribution >= 4 is 11.8 Å². The van der Waals surface area contributed by atoms with Crippen molar-refractivity contribution in [1.29, 1.82) is 0 Å². The van der Waals surface area contributed by atoms with Crippen LogP contribution in [0.4, 0.5) is 0 Å². The van der Waals surface area contributed by atoms with Crippen molar-refractivity contribution in [2.24, 2.45) is 23.7 Å². The van der Waals surface area contributed by atoms with Gasteiger partial charge in [0.15, 0.2) is 0 Å². The van der Waals surface area contributed by atoms with E-state index in [0.29, 0.717) is 6.61 Å². The lowest BCUT2D eigenvalue weighted by atomic mass is 9.81. The zero-order valence-corrected chi connectivity index (χ0v) is 9.25. The Labute approximate surface area is 90.0 Å². The van der Waals surface area contributed by atoms with Crippen LogP contribution in [-0.2, 0) is 0 Å². The highest BCUT2D eigenvalue weighted by molar-refractivity contribution is 8.00. The lowest BCUT2D eigenvalue weighted by Gasteiger charge is -2.28. The summed E-state index contributed by atoms with van der Waals surface area (Å²) >= 11 is 1.96. The maximum absolute atomic E-state index is 8.85. The van der Waals surface area contributed by atoms with Crippen molar-refractivity contribution in [2.75, 3.05) is 12.4 Å². The third kappa shape index (κ3) is 1.27. The van der Waals surface area contributed by atoms with Gasteiger partial charge in [-0.15, -0.1) is 0 Å². The van der Waals surface area contributed by atoms with E-state index >= 15 is 0 Å². The summed E-state index contributed by atoms with van der Waals surface area (Å²) in [5.74, 6) is 4.78. The van der Waals surface area contributed by atoms with Gasteiger partial charge in [0.1, 0.15) is 0 Å². The van der Waals surface area contributed by atoms with E-state index in [-0.39, 0.29) is 0 Å². The van der Waals surface area contributed by atoms with E-state index in [1.807, 2.05) is 11.8 Å². The van der Waals surface area contributed by atoms with E-state index in [9.17, 15) is 0 Å². The second-order valence-corrected chi connectivity index (χ2v) is 6.22. The third-order valence-electron chi connectivity index (χ3n) is 4.35. The van der Waals surface area contributed by atoms with Crippen molar-refractivity contribution in [3.63, 3.8) is 0 Å². The predicted octanol–water partition coefficient (Wildman–Crippen LogP) is 2.31. The minimum Gasteiger partial charge on any atom is -0.396 e. The summed E-state index contributed by atoms with van der Waals surface area (Å²) < 4.78 is 0. The molecule has 0 radical (unpaired) electrons. The van der Waals surface area contributed by atoms with E-state index in [1.54, 1.807) is 0 Å². The van der Waals surface area contributed by atoms with Crippen LogP contribution in [-0.4, -0.2) is 22.7 Å². The van der Waals surface area contributed by atoms with Gasteiger partial charge in [-0.25, -0.2) is 0 Å². The Kier molecular flexibility index (Phi) is 2.37. The molecular formula is C12H18OS. The molecule has 1 N–H and O–H groups in total. The maximum Gasteiger partial charge on any atom is 0.0521 e. The number of hydrogen-bond donors (Lipinski definition) is 1. The average molecular weight is 210 g/mol. The highest BCUT2D eigenvalue weighted by Gasteiger charge is 2.50. The molecule has 0 saturated heterocycles. The van der Waals surface area contributed by atoms with Crippen LogP contribution in [0.2, 0.25) is 0 Å². The van der Waals surface area contributed by atoms with Gasteiger partial charge in [-0.1, -0.05) is 12.2 Å². The van der Waals surface area contributed by atoms with Crippen LogP contribution in [0, 0.1) is 23.7 Å². The fourth-order valence-electron chi connectivity index (χ4n) is 3.87. The average Bonchev–Trinajstić information content (AvgIpc) is 2.87. The first-order valence-electron chi connectivity index (χ1n) is 5.81. The molecule has 0 amide bonds. The van der Waals surface area contributed by atoms with Gasteiger partial charge in [-0.05, 0) is 42.9 Å². The van der Waals surface area contributed by atoms with E-state index in [4.69, 9.17) is 5.11 Å². The van der Waals surface area contributed by atoms with Crippen molar-refractivity contribution in [3.8, 4) is 0 Å². The van der Waals surface area contributed by atoms with Gasteiger partial charge < -0.3 is 5.11 Å². The number of aliphatic hydroxyl groups is 1. The molecule has 5 unspecified atom stereocenters. The lowest BCUT2D eigenvalue weighted by Crippen LogP contribution is -2.24. The highest BCUT2D eigenvalue weighted by atomic mass is 32.2. The Morgan fingerprint density at radius 2 is 2.07 bits per heavy atom. The molecule has 2 bridgehead atoms. The Bertz CT molecular complexity index is 251. The van der Waals surface area contributed by atoms with Crippen LogP contribution in [0.1, 0.15) is 19.3 Å². The van der Waals surface area contributed by atoms with E-state index in [2.05, 4.69) is 12.2 Å². The zero-order valence-electron chi connectivity index (χ0n) is 8.43. The smallest absolute Gasteiger partial charge is 0.0521 e. The fourth-order valence-corrected chi connectivity index (χ4v) is 5.08. The number of hydrogen-bond acceptors (Lipinski definition) is 2. The number of thioether (sulfide) groups is 1. The summed E-state index contributed by atoms with van der Waals surface area (Å²) in [6, 6.07) is 0. The van der Waals surface area contributed by atoms with Crippen molar-refractivity contribution in [1.82, 2.24) is 0 Å². The molecule has 78 valence electrons. The summed E-state index contributed by atoms with van der Waals surface area (Å²) in [4.78, 5) is 0. The summed E-state index contributed by atoms with van der Waals surface area (Å²) in [7, 11) is 0. The van der Waals surface area contributed by atoms with E-state index in [1.165, 1.54) is 19.3 Å². The monoisotopic (exact) mass is 210 g/mol. The molecule has 0 spiro atoms. The first kappa shape index (κ1) is 9.29. The quantitative estimate of drug-likeness (QED) is 0.721. The molecule has 0 aromatic heterocycles. The number of allylic oxidation sites excluding steroid dienone is 1. The highest BCUT2D eigenvalue weighted by Crippen LogP contribution is 2.58. The normalized spacial score (nSPS) is 48.8. The van der Waals surface area contributed by atoms with Gasteiger partial charge in [-0.2, -0.15) is 11.8 Å². The molecule has 0 aromatic carbocycles. The third-order valence-corrected chi connectivity index (χ3v) is 5.63. The van der Waals surface area contributed by atoms with Gasteiger partial charge in [0.05, 0.1) is 6.61 Å². The summed E-state index contributed by atoms with van der Waals surface area (Å²) in [5, 5.41) is 9.58. The number of fused-ring (bicyclic) bond motifs is 5. The standard InChI is InChI=1S/C12H18OS/c13-5-6-14-11-4-3-10-8-1-2-9(7-8)12(10)11/h3-4,8-13H,1-2,5-7H2. The van der Waals surface area contributed by atoms with Gasteiger partial charge in [-0.3, -0.25) is 0 Å². The molecule has 1 nitrogen and oxygen atoms in total. The van der Waals surface area contributed by atoms with Crippen LogP contribution < -0.4 is 0 Å².